The van der Waals surface area contributed by atoms with Crippen LogP contribution in [0.5, 0.6) is 0 Å². The lowest BCUT2D eigenvalue weighted by atomic mass is 9.94. The van der Waals surface area contributed by atoms with Crippen molar-refractivity contribution < 1.29 is 33.9 Å². The van der Waals surface area contributed by atoms with E-state index in [2.05, 4.69) is 0 Å². The smallest absolute Gasteiger partial charge is 0.184 e. The van der Waals surface area contributed by atoms with E-state index in [1.807, 2.05) is 121 Å². The Bertz CT molecular complexity index is 1290. The summed E-state index contributed by atoms with van der Waals surface area (Å²) in [6.07, 6.45) is -5.30. The zero-order valence-electron chi connectivity index (χ0n) is 23.5. The molecule has 0 spiro atoms. The highest BCUT2D eigenvalue weighted by Crippen LogP contribution is 2.32. The Hall–Kier alpha value is -3.40. The van der Waals surface area contributed by atoms with Crippen LogP contribution in [0.4, 0.5) is 0 Å². The molecule has 220 valence electrons. The van der Waals surface area contributed by atoms with Crippen LogP contribution in [0.15, 0.2) is 121 Å². The van der Waals surface area contributed by atoms with E-state index in [1.165, 1.54) is 0 Å². The first-order chi connectivity index (χ1) is 20.7. The fourth-order valence-electron chi connectivity index (χ4n) is 5.04. The fourth-order valence-corrected chi connectivity index (χ4v) is 5.04. The van der Waals surface area contributed by atoms with Crippen molar-refractivity contribution in [2.45, 2.75) is 63.2 Å². The van der Waals surface area contributed by atoms with Gasteiger partial charge in [-0.15, -0.1) is 0 Å². The second-order valence-electron chi connectivity index (χ2n) is 10.3. The largest absolute Gasteiger partial charge is 0.394 e. The van der Waals surface area contributed by atoms with E-state index in [-0.39, 0.29) is 33.0 Å². The van der Waals surface area contributed by atoms with E-state index in [0.717, 1.165) is 22.3 Å². The van der Waals surface area contributed by atoms with Crippen molar-refractivity contribution in [2.75, 3.05) is 6.61 Å². The average Bonchev–Trinajstić information content (AvgIpc) is 3.05. The molecule has 42 heavy (non-hydrogen) atoms. The molecule has 0 aromatic heterocycles. The monoisotopic (exact) mass is 570 g/mol. The van der Waals surface area contributed by atoms with Gasteiger partial charge in [-0.05, 0) is 22.3 Å². The van der Waals surface area contributed by atoms with Crippen LogP contribution >= 0.6 is 0 Å². The van der Waals surface area contributed by atoms with Gasteiger partial charge in [0.15, 0.2) is 6.29 Å². The maximum Gasteiger partial charge on any atom is 0.184 e. The summed E-state index contributed by atoms with van der Waals surface area (Å²) >= 11 is 0. The van der Waals surface area contributed by atoms with Gasteiger partial charge in [0.1, 0.15) is 30.5 Å². The van der Waals surface area contributed by atoms with Crippen LogP contribution in [0.3, 0.4) is 0 Å². The Labute approximate surface area is 247 Å². The number of ether oxygens (including phenoxy) is 5. The number of hydrogen-bond acceptors (Lipinski definition) is 7. The Morgan fingerprint density at radius 3 is 1.33 bits per heavy atom. The molecular formula is C35H38O7. The lowest BCUT2D eigenvalue weighted by Gasteiger charge is -2.46. The third kappa shape index (κ3) is 8.33. The number of aliphatic hydroxyl groups is 2. The van der Waals surface area contributed by atoms with E-state index >= 15 is 0 Å². The maximum absolute atomic E-state index is 11.3. The molecule has 1 saturated heterocycles. The average molecular weight is 571 g/mol. The number of aliphatic hydroxyl groups excluding tert-OH is 2. The van der Waals surface area contributed by atoms with Crippen LogP contribution in [0.1, 0.15) is 22.3 Å². The molecule has 0 aliphatic carbocycles. The molecule has 1 aliphatic heterocycles. The summed E-state index contributed by atoms with van der Waals surface area (Å²) in [6.45, 7) is 0.722. The standard InChI is InChI=1S/C35H38O7/c36-21-30(38-22-26-13-5-1-6-14-26)31-32(39-23-27-15-7-2-8-16-27)33(40-24-28-17-9-3-10-18-28)34(35(37)42-31)41-25-29-19-11-4-12-20-29/h1-20,30-37H,21-25H2/t30?,31-,32-,33+,34-,35+/m1/s1. The van der Waals surface area contributed by atoms with Gasteiger partial charge in [0.05, 0.1) is 33.0 Å². The SMILES string of the molecule is OCC(OCc1ccccc1)[C@H]1O[C@H](O)[C@H](OCc2ccccc2)[C@@H](OCc2ccccc2)[C@@H]1OCc1ccccc1. The minimum Gasteiger partial charge on any atom is -0.394 e. The van der Waals surface area contributed by atoms with Gasteiger partial charge in [-0.25, -0.2) is 0 Å². The van der Waals surface area contributed by atoms with E-state index < -0.39 is 36.8 Å². The topological polar surface area (TPSA) is 86.6 Å². The van der Waals surface area contributed by atoms with Crippen molar-refractivity contribution in [2.24, 2.45) is 0 Å². The number of hydrogen-bond donors (Lipinski definition) is 2. The van der Waals surface area contributed by atoms with E-state index in [0.29, 0.717) is 0 Å². The molecule has 1 fully saturated rings. The van der Waals surface area contributed by atoms with Gasteiger partial charge >= 0.3 is 0 Å². The maximum atomic E-state index is 11.3. The van der Waals surface area contributed by atoms with Gasteiger partial charge in [-0.2, -0.15) is 0 Å². The van der Waals surface area contributed by atoms with Gasteiger partial charge in [0, 0.05) is 0 Å². The van der Waals surface area contributed by atoms with Crippen LogP contribution in [-0.2, 0) is 50.1 Å². The van der Waals surface area contributed by atoms with Gasteiger partial charge in [-0.3, -0.25) is 0 Å². The van der Waals surface area contributed by atoms with Crippen LogP contribution in [0.25, 0.3) is 0 Å². The molecule has 7 heteroatoms. The van der Waals surface area contributed by atoms with Crippen molar-refractivity contribution in [1.82, 2.24) is 0 Å². The second kappa shape index (κ2) is 15.7. The number of rotatable bonds is 14. The van der Waals surface area contributed by atoms with E-state index in [1.54, 1.807) is 0 Å². The minimum absolute atomic E-state index is 0.251. The molecule has 0 amide bonds. The van der Waals surface area contributed by atoms with Gasteiger partial charge in [-0.1, -0.05) is 121 Å². The molecular weight excluding hydrogens is 532 g/mol. The van der Waals surface area contributed by atoms with Crippen molar-refractivity contribution in [3.63, 3.8) is 0 Å². The molecule has 2 N–H and O–H groups in total. The lowest BCUT2D eigenvalue weighted by molar-refractivity contribution is -0.328. The predicted octanol–water partition coefficient (Wildman–Crippen LogP) is 5.04. The van der Waals surface area contributed by atoms with Gasteiger partial charge in [0.25, 0.3) is 0 Å². The van der Waals surface area contributed by atoms with Crippen molar-refractivity contribution in [3.05, 3.63) is 144 Å². The third-order valence-electron chi connectivity index (χ3n) is 7.26. The second-order valence-corrected chi connectivity index (χ2v) is 10.3. The summed E-state index contributed by atoms with van der Waals surface area (Å²) in [6, 6.07) is 39.1. The molecule has 5 rings (SSSR count). The molecule has 1 aliphatic rings. The Morgan fingerprint density at radius 2 is 0.905 bits per heavy atom. The van der Waals surface area contributed by atoms with Gasteiger partial charge in [0.2, 0.25) is 0 Å². The highest BCUT2D eigenvalue weighted by Gasteiger charge is 2.50. The Kier molecular flexibility index (Phi) is 11.3. The summed E-state index contributed by atoms with van der Waals surface area (Å²) in [5, 5.41) is 21.7. The molecule has 1 unspecified atom stereocenters. The summed E-state index contributed by atoms with van der Waals surface area (Å²) in [4.78, 5) is 0. The zero-order chi connectivity index (χ0) is 29.0. The van der Waals surface area contributed by atoms with E-state index in [4.69, 9.17) is 23.7 Å². The molecule has 4 aromatic carbocycles. The molecule has 0 radical (unpaired) electrons. The van der Waals surface area contributed by atoms with Crippen molar-refractivity contribution >= 4 is 0 Å². The van der Waals surface area contributed by atoms with Crippen molar-refractivity contribution in [3.8, 4) is 0 Å². The Morgan fingerprint density at radius 1 is 0.524 bits per heavy atom. The highest BCUT2D eigenvalue weighted by molar-refractivity contribution is 5.16. The van der Waals surface area contributed by atoms with Crippen LogP contribution in [0, 0.1) is 0 Å². The Balaban J connectivity index is 1.41. The normalized spacial score (nSPS) is 23.0. The molecule has 7 nitrogen and oxygen atoms in total. The number of benzene rings is 4. The third-order valence-corrected chi connectivity index (χ3v) is 7.26. The first-order valence-electron chi connectivity index (χ1n) is 14.3. The quantitative estimate of drug-likeness (QED) is 0.220. The summed E-state index contributed by atoms with van der Waals surface area (Å²) in [7, 11) is 0. The van der Waals surface area contributed by atoms with Crippen LogP contribution < -0.4 is 0 Å². The lowest BCUT2D eigenvalue weighted by Crippen LogP contribution is -2.63. The first kappa shape index (κ1) is 30.1. The molecule has 6 atom stereocenters. The summed E-state index contributed by atoms with van der Waals surface area (Å²) < 4.78 is 31.6. The fraction of sp³-hybridized carbons (Fsp3) is 0.314. The predicted molar refractivity (Wildman–Crippen MR) is 158 cm³/mol. The van der Waals surface area contributed by atoms with Crippen LogP contribution in [0.2, 0.25) is 0 Å². The first-order valence-corrected chi connectivity index (χ1v) is 14.3. The van der Waals surface area contributed by atoms with Crippen LogP contribution in [-0.4, -0.2) is 53.6 Å². The molecule has 0 bridgehead atoms. The van der Waals surface area contributed by atoms with E-state index in [9.17, 15) is 10.2 Å². The molecule has 0 saturated carbocycles. The highest BCUT2D eigenvalue weighted by atomic mass is 16.7. The summed E-state index contributed by atoms with van der Waals surface area (Å²) in [5.74, 6) is 0. The zero-order valence-corrected chi connectivity index (χ0v) is 23.5. The minimum atomic E-state index is -1.34. The molecule has 4 aromatic rings. The van der Waals surface area contributed by atoms with Gasteiger partial charge < -0.3 is 33.9 Å². The molecule has 1 heterocycles. The summed E-state index contributed by atoms with van der Waals surface area (Å²) in [5.41, 5.74) is 3.85. The van der Waals surface area contributed by atoms with Crippen molar-refractivity contribution in [1.29, 1.82) is 0 Å².